The van der Waals surface area contributed by atoms with Crippen molar-refractivity contribution in [3.05, 3.63) is 80.4 Å². The maximum Gasteiger partial charge on any atom is 0.269 e. The minimum atomic E-state index is -0.571. The number of benzene rings is 2. The first-order valence-electron chi connectivity index (χ1n) is 7.09. The molecule has 0 bridgehead atoms. The zero-order valence-corrected chi connectivity index (χ0v) is 12.6. The largest absolute Gasteiger partial charge is 0.506 e. The van der Waals surface area contributed by atoms with Gasteiger partial charge in [-0.3, -0.25) is 14.9 Å². The number of fused-ring (bicyclic) bond motifs is 1. The molecule has 8 nitrogen and oxygen atoms in total. The zero-order valence-electron chi connectivity index (χ0n) is 12.6. The van der Waals surface area contributed by atoms with Gasteiger partial charge in [-0.15, -0.1) is 0 Å². The monoisotopic (exact) mass is 334 g/mol. The van der Waals surface area contributed by atoms with Crippen LogP contribution in [-0.2, 0) is 0 Å². The first-order chi connectivity index (χ1) is 12.0. The maximum atomic E-state index is 12.1. The van der Waals surface area contributed by atoms with Crippen molar-refractivity contribution in [2.45, 2.75) is 0 Å². The van der Waals surface area contributed by atoms with Crippen molar-refractivity contribution >= 4 is 27.9 Å². The van der Waals surface area contributed by atoms with Crippen LogP contribution >= 0.6 is 0 Å². The molecular weight excluding hydrogens is 324 g/mol. The van der Waals surface area contributed by atoms with E-state index in [0.29, 0.717) is 10.9 Å². The normalized spacial score (nSPS) is 11.6. The number of nitro benzene ring substituents is 1. The van der Waals surface area contributed by atoms with Crippen molar-refractivity contribution < 1.29 is 10.0 Å². The number of aromatic amines is 1. The second-order valence-electron chi connectivity index (χ2n) is 5.07. The van der Waals surface area contributed by atoms with E-state index in [2.05, 4.69) is 9.97 Å². The third-order valence-corrected chi connectivity index (χ3v) is 3.55. The third kappa shape index (κ3) is 2.94. The lowest BCUT2D eigenvalue weighted by Gasteiger charge is -2.05. The van der Waals surface area contributed by atoms with Gasteiger partial charge in [0.05, 0.1) is 15.8 Å². The third-order valence-electron chi connectivity index (χ3n) is 3.55. The molecular formula is C17H10N4O4. The predicted octanol–water partition coefficient (Wildman–Crippen LogP) is 2.78. The van der Waals surface area contributed by atoms with Gasteiger partial charge >= 0.3 is 0 Å². The highest BCUT2D eigenvalue weighted by Gasteiger charge is 2.15. The minimum Gasteiger partial charge on any atom is -0.506 e. The van der Waals surface area contributed by atoms with Crippen molar-refractivity contribution in [1.29, 1.82) is 5.26 Å². The molecule has 1 aromatic heterocycles. The summed E-state index contributed by atoms with van der Waals surface area (Å²) in [5.74, 6) is -0.516. The molecule has 122 valence electrons. The first kappa shape index (κ1) is 15.9. The smallest absolute Gasteiger partial charge is 0.269 e. The molecule has 0 radical (unpaired) electrons. The fourth-order valence-corrected chi connectivity index (χ4v) is 2.31. The van der Waals surface area contributed by atoms with Crippen molar-refractivity contribution in [1.82, 2.24) is 9.97 Å². The molecule has 0 aliphatic rings. The first-order valence-corrected chi connectivity index (χ1v) is 7.09. The van der Waals surface area contributed by atoms with E-state index in [4.69, 9.17) is 0 Å². The van der Waals surface area contributed by atoms with Gasteiger partial charge in [0, 0.05) is 17.7 Å². The van der Waals surface area contributed by atoms with E-state index in [-0.39, 0.29) is 22.6 Å². The highest BCUT2D eigenvalue weighted by molar-refractivity contribution is 5.93. The molecule has 0 aliphatic carbocycles. The maximum absolute atomic E-state index is 12.1. The Balaban J connectivity index is 2.15. The number of rotatable bonds is 3. The van der Waals surface area contributed by atoms with Crippen LogP contribution < -0.4 is 5.56 Å². The zero-order chi connectivity index (χ0) is 18.0. The summed E-state index contributed by atoms with van der Waals surface area (Å²) in [7, 11) is 0. The Bertz CT molecular complexity index is 1110. The average Bonchev–Trinajstić information content (AvgIpc) is 2.62. The molecule has 25 heavy (non-hydrogen) atoms. The molecule has 0 atom stereocenters. The Morgan fingerprint density at radius 2 is 1.88 bits per heavy atom. The van der Waals surface area contributed by atoms with Gasteiger partial charge < -0.3 is 10.1 Å². The number of aromatic nitrogens is 2. The Hall–Kier alpha value is -3.99. The van der Waals surface area contributed by atoms with E-state index in [9.17, 15) is 25.3 Å². The van der Waals surface area contributed by atoms with Crippen molar-refractivity contribution in [3.63, 3.8) is 0 Å². The van der Waals surface area contributed by atoms with Crippen LogP contribution in [-0.4, -0.2) is 20.0 Å². The molecule has 0 fully saturated rings. The number of aliphatic hydroxyl groups is 1. The van der Waals surface area contributed by atoms with Gasteiger partial charge in [-0.25, -0.2) is 4.98 Å². The molecule has 0 aliphatic heterocycles. The Morgan fingerprint density at radius 3 is 2.52 bits per heavy atom. The minimum absolute atomic E-state index is 0.0814. The van der Waals surface area contributed by atoms with Crippen LogP contribution in [0.2, 0.25) is 0 Å². The summed E-state index contributed by atoms with van der Waals surface area (Å²) in [4.78, 5) is 28.9. The number of nitrogens with one attached hydrogen (secondary N) is 1. The second-order valence-corrected chi connectivity index (χ2v) is 5.07. The average molecular weight is 334 g/mol. The topological polar surface area (TPSA) is 133 Å². The number of nitriles is 1. The summed E-state index contributed by atoms with van der Waals surface area (Å²) in [5.41, 5.74) is -0.252. The van der Waals surface area contributed by atoms with Crippen LogP contribution in [0, 0.1) is 21.4 Å². The number of nitro groups is 1. The lowest BCUT2D eigenvalue weighted by molar-refractivity contribution is -0.384. The lowest BCUT2D eigenvalue weighted by Crippen LogP contribution is -2.11. The van der Waals surface area contributed by atoms with Crippen LogP contribution in [0.25, 0.3) is 22.2 Å². The molecule has 0 unspecified atom stereocenters. The van der Waals surface area contributed by atoms with Gasteiger partial charge in [-0.2, -0.15) is 5.26 Å². The number of para-hydroxylation sites is 1. The van der Waals surface area contributed by atoms with Gasteiger partial charge in [0.25, 0.3) is 11.2 Å². The summed E-state index contributed by atoms with van der Waals surface area (Å²) in [5, 5.41) is 30.8. The van der Waals surface area contributed by atoms with Crippen LogP contribution in [0.5, 0.6) is 0 Å². The molecule has 0 saturated heterocycles. The van der Waals surface area contributed by atoms with E-state index < -0.39 is 16.2 Å². The van der Waals surface area contributed by atoms with E-state index in [0.717, 1.165) is 0 Å². The van der Waals surface area contributed by atoms with Crippen LogP contribution in [0.3, 0.4) is 0 Å². The molecule has 1 heterocycles. The molecule has 0 spiro atoms. The summed E-state index contributed by atoms with van der Waals surface area (Å²) in [6.45, 7) is 0. The molecule has 8 heteroatoms. The Morgan fingerprint density at radius 1 is 1.20 bits per heavy atom. The van der Waals surface area contributed by atoms with E-state index >= 15 is 0 Å². The number of aliphatic hydroxyl groups excluding tert-OH is 1. The number of allylic oxidation sites excluding steroid dienone is 1. The SMILES string of the molecule is N#C/C(=C(\O)c1ccc([N+](=O)[O-])cc1)c1nc2ccccc2c(=O)[nH]1. The quantitative estimate of drug-likeness (QED) is 0.327. The lowest BCUT2D eigenvalue weighted by atomic mass is 10.1. The van der Waals surface area contributed by atoms with Crippen molar-refractivity contribution in [2.75, 3.05) is 0 Å². The summed E-state index contributed by atoms with van der Waals surface area (Å²) in [6, 6.07) is 13.4. The molecule has 2 N–H and O–H groups in total. The summed E-state index contributed by atoms with van der Waals surface area (Å²) in [6.07, 6.45) is 0. The molecule has 0 amide bonds. The van der Waals surface area contributed by atoms with Gasteiger partial charge in [-0.05, 0) is 24.3 Å². The Kier molecular flexibility index (Phi) is 3.97. The van der Waals surface area contributed by atoms with Gasteiger partial charge in [-0.1, -0.05) is 12.1 Å². The highest BCUT2D eigenvalue weighted by atomic mass is 16.6. The predicted molar refractivity (Wildman–Crippen MR) is 90.5 cm³/mol. The van der Waals surface area contributed by atoms with Gasteiger partial charge in [0.1, 0.15) is 17.4 Å². The highest BCUT2D eigenvalue weighted by Crippen LogP contribution is 2.24. The van der Waals surface area contributed by atoms with E-state index in [1.165, 1.54) is 24.3 Å². The fourth-order valence-electron chi connectivity index (χ4n) is 2.31. The fraction of sp³-hybridized carbons (Fsp3) is 0. The molecule has 3 aromatic rings. The van der Waals surface area contributed by atoms with Crippen LogP contribution in [0.15, 0.2) is 53.3 Å². The molecule has 2 aromatic carbocycles. The summed E-state index contributed by atoms with van der Waals surface area (Å²) < 4.78 is 0. The number of nitrogens with zero attached hydrogens (tertiary/aromatic N) is 3. The second kappa shape index (κ2) is 6.25. The van der Waals surface area contributed by atoms with Gasteiger partial charge in [0.15, 0.2) is 5.82 Å². The number of non-ortho nitro benzene ring substituents is 1. The molecule has 0 saturated carbocycles. The van der Waals surface area contributed by atoms with Crippen LogP contribution in [0.4, 0.5) is 5.69 Å². The van der Waals surface area contributed by atoms with Crippen molar-refractivity contribution in [3.8, 4) is 6.07 Å². The van der Waals surface area contributed by atoms with E-state index in [1.807, 2.05) is 6.07 Å². The Labute approximate surface area is 140 Å². The van der Waals surface area contributed by atoms with Crippen molar-refractivity contribution in [2.24, 2.45) is 0 Å². The van der Waals surface area contributed by atoms with E-state index in [1.54, 1.807) is 24.3 Å². The molecule has 3 rings (SSSR count). The standard InChI is InChI=1S/C17H10N4O4/c18-9-13(15(22)10-5-7-11(8-6-10)21(24)25)16-19-14-4-2-1-3-12(14)17(23)20-16/h1-8,22H,(H,19,20,23)/b15-13+. The number of H-pyrrole nitrogens is 1. The van der Waals surface area contributed by atoms with Gasteiger partial charge in [0.2, 0.25) is 0 Å². The number of hydrogen-bond donors (Lipinski definition) is 2. The van der Waals surface area contributed by atoms with Crippen LogP contribution in [0.1, 0.15) is 11.4 Å². The number of hydrogen-bond acceptors (Lipinski definition) is 6. The summed E-state index contributed by atoms with van der Waals surface area (Å²) >= 11 is 0.